The average molecular weight is 402 g/mol. The molecule has 0 heterocycles. The molecule has 0 radical (unpaired) electrons. The fraction of sp³-hybridized carbons (Fsp3) is 0.364. The Balaban J connectivity index is 2.87. The third-order valence-corrected chi connectivity index (χ3v) is 3.26. The van der Waals surface area contributed by atoms with E-state index in [0.717, 1.165) is 6.07 Å². The van der Waals surface area contributed by atoms with E-state index in [-0.39, 0.29) is 11.3 Å². The van der Waals surface area contributed by atoms with Crippen molar-refractivity contribution in [2.24, 2.45) is 0 Å². The second-order valence-electron chi connectivity index (χ2n) is 4.12. The van der Waals surface area contributed by atoms with Crippen LogP contribution in [0.1, 0.15) is 23.7 Å². The van der Waals surface area contributed by atoms with Crippen LogP contribution < -0.4 is 5.32 Å². The van der Waals surface area contributed by atoms with Gasteiger partial charge in [0, 0.05) is 21.7 Å². The quantitative estimate of drug-likeness (QED) is 0.478. The monoisotopic (exact) mass is 402 g/mol. The summed E-state index contributed by atoms with van der Waals surface area (Å²) in [6, 6.07) is 2.51. The lowest BCUT2D eigenvalue weighted by Gasteiger charge is -2.16. The smallest absolute Gasteiger partial charge is 0.349 e. The third-order valence-electron chi connectivity index (χ3n) is 2.32. The fourth-order valence-corrected chi connectivity index (χ4v) is 2.08. The molecule has 1 unspecified atom stereocenters. The molecule has 1 atom stereocenters. The Bertz CT molecular complexity index is 534. The van der Waals surface area contributed by atoms with Crippen molar-refractivity contribution in [2.45, 2.75) is 25.6 Å². The Morgan fingerprint density at radius 2 is 2.10 bits per heavy atom. The van der Waals surface area contributed by atoms with Crippen LogP contribution in [0, 0.1) is 13.7 Å². The van der Waals surface area contributed by atoms with E-state index >= 15 is 0 Å². The van der Waals surface area contributed by atoms with Gasteiger partial charge in [0.2, 0.25) is 0 Å². The molecular formula is C11H10F3IN2O3. The summed E-state index contributed by atoms with van der Waals surface area (Å²) < 4.78 is 36.9. The normalized spacial score (nSPS) is 12.8. The zero-order chi connectivity index (χ0) is 15.5. The zero-order valence-corrected chi connectivity index (χ0v) is 12.4. The first-order chi connectivity index (χ1) is 9.10. The minimum atomic E-state index is -4.39. The number of halogens is 4. The van der Waals surface area contributed by atoms with E-state index in [1.54, 1.807) is 22.6 Å². The predicted octanol–water partition coefficient (Wildman–Crippen LogP) is 3.27. The van der Waals surface area contributed by atoms with Crippen molar-refractivity contribution in [2.75, 3.05) is 0 Å². The lowest BCUT2D eigenvalue weighted by molar-refractivity contribution is -0.384. The van der Waals surface area contributed by atoms with E-state index in [0.29, 0.717) is 3.57 Å². The molecule has 0 saturated carbocycles. The van der Waals surface area contributed by atoms with Crippen LogP contribution in [-0.4, -0.2) is 23.0 Å². The summed E-state index contributed by atoms with van der Waals surface area (Å²) in [5, 5.41) is 12.8. The minimum Gasteiger partial charge on any atom is -0.349 e. The van der Waals surface area contributed by atoms with Gasteiger partial charge in [-0.3, -0.25) is 14.9 Å². The number of nitrogens with zero attached hydrogens (tertiary/aromatic N) is 1. The van der Waals surface area contributed by atoms with Gasteiger partial charge in [0.25, 0.3) is 11.6 Å². The van der Waals surface area contributed by atoms with Crippen LogP contribution >= 0.6 is 22.6 Å². The highest BCUT2D eigenvalue weighted by Gasteiger charge is 2.31. The van der Waals surface area contributed by atoms with Crippen LogP contribution in [0.5, 0.6) is 0 Å². The number of nitro groups is 1. The molecule has 1 rings (SSSR count). The van der Waals surface area contributed by atoms with Gasteiger partial charge >= 0.3 is 6.18 Å². The van der Waals surface area contributed by atoms with E-state index in [4.69, 9.17) is 0 Å². The molecule has 0 aliphatic carbocycles. The Kier molecular flexibility index (Phi) is 5.31. The Labute approximate surface area is 125 Å². The molecule has 0 saturated heterocycles. The summed E-state index contributed by atoms with van der Waals surface area (Å²) in [5.74, 6) is -0.769. The second kappa shape index (κ2) is 6.37. The zero-order valence-electron chi connectivity index (χ0n) is 10.2. The van der Waals surface area contributed by atoms with Crippen molar-refractivity contribution >= 4 is 34.2 Å². The van der Waals surface area contributed by atoms with E-state index in [2.05, 4.69) is 5.32 Å². The fourth-order valence-electron chi connectivity index (χ4n) is 1.50. The van der Waals surface area contributed by atoms with Gasteiger partial charge in [0.05, 0.1) is 16.9 Å². The predicted molar refractivity (Wildman–Crippen MR) is 73.4 cm³/mol. The number of nitro benzene ring substituents is 1. The van der Waals surface area contributed by atoms with Crippen molar-refractivity contribution in [3.8, 4) is 0 Å². The lowest BCUT2D eigenvalue weighted by Crippen LogP contribution is -2.36. The number of carbonyl (C=O) groups excluding carboxylic acids is 1. The molecule has 0 aliphatic heterocycles. The van der Waals surface area contributed by atoms with E-state index in [1.807, 2.05) is 0 Å². The van der Waals surface area contributed by atoms with E-state index < -0.39 is 29.5 Å². The molecule has 0 aromatic heterocycles. The Morgan fingerprint density at radius 1 is 1.50 bits per heavy atom. The van der Waals surface area contributed by atoms with Crippen molar-refractivity contribution in [3.05, 3.63) is 37.4 Å². The summed E-state index contributed by atoms with van der Waals surface area (Å²) >= 11 is 1.79. The minimum absolute atomic E-state index is 0.0196. The number of nitrogens with one attached hydrogen (secondary N) is 1. The number of hydrogen-bond donors (Lipinski definition) is 1. The average Bonchev–Trinajstić information content (AvgIpc) is 2.26. The standard InChI is InChI=1S/C11H10F3IN2O3/c1-6(5-11(12,13)14)16-10(18)8-4-7(17(19)20)2-3-9(8)15/h2-4,6H,5H2,1H3,(H,16,18). The summed E-state index contributed by atoms with van der Waals surface area (Å²) in [4.78, 5) is 21.8. The molecule has 0 fully saturated rings. The maximum absolute atomic E-state index is 12.2. The number of carbonyl (C=O) groups is 1. The lowest BCUT2D eigenvalue weighted by atomic mass is 10.1. The highest BCUT2D eigenvalue weighted by molar-refractivity contribution is 14.1. The first kappa shape index (κ1) is 16.7. The van der Waals surface area contributed by atoms with Crippen molar-refractivity contribution in [3.63, 3.8) is 0 Å². The maximum atomic E-state index is 12.2. The molecular weight excluding hydrogens is 392 g/mol. The molecule has 9 heteroatoms. The number of alkyl halides is 3. The number of hydrogen-bond acceptors (Lipinski definition) is 3. The molecule has 1 aromatic carbocycles. The van der Waals surface area contributed by atoms with Gasteiger partial charge in [-0.1, -0.05) is 0 Å². The summed E-state index contributed by atoms with van der Waals surface area (Å²) in [7, 11) is 0. The van der Waals surface area contributed by atoms with Gasteiger partial charge in [-0.15, -0.1) is 0 Å². The SMILES string of the molecule is CC(CC(F)(F)F)NC(=O)c1cc([N+](=O)[O-])ccc1I. The molecule has 1 N–H and O–H groups in total. The second-order valence-corrected chi connectivity index (χ2v) is 5.28. The summed E-state index contributed by atoms with van der Waals surface area (Å²) in [6.07, 6.45) is -5.55. The largest absolute Gasteiger partial charge is 0.391 e. The number of benzene rings is 1. The molecule has 110 valence electrons. The van der Waals surface area contributed by atoms with Gasteiger partial charge < -0.3 is 5.32 Å². The molecule has 0 bridgehead atoms. The van der Waals surface area contributed by atoms with Crippen LogP contribution in [0.2, 0.25) is 0 Å². The first-order valence-electron chi connectivity index (χ1n) is 5.41. The van der Waals surface area contributed by atoms with Gasteiger partial charge in [0.1, 0.15) is 0 Å². The molecule has 20 heavy (non-hydrogen) atoms. The highest BCUT2D eigenvalue weighted by atomic mass is 127. The van der Waals surface area contributed by atoms with Crippen LogP contribution in [0.4, 0.5) is 18.9 Å². The maximum Gasteiger partial charge on any atom is 0.391 e. The van der Waals surface area contributed by atoms with Crippen molar-refractivity contribution in [1.29, 1.82) is 0 Å². The van der Waals surface area contributed by atoms with Crippen molar-refractivity contribution in [1.82, 2.24) is 5.32 Å². The number of rotatable bonds is 4. The van der Waals surface area contributed by atoms with Crippen LogP contribution in [0.25, 0.3) is 0 Å². The van der Waals surface area contributed by atoms with Crippen LogP contribution in [0.3, 0.4) is 0 Å². The molecule has 5 nitrogen and oxygen atoms in total. The first-order valence-corrected chi connectivity index (χ1v) is 6.49. The van der Waals surface area contributed by atoms with E-state index in [1.165, 1.54) is 19.1 Å². The third kappa shape index (κ3) is 4.94. The van der Waals surface area contributed by atoms with Gasteiger partial charge in [-0.2, -0.15) is 13.2 Å². The number of amides is 1. The molecule has 0 spiro atoms. The van der Waals surface area contributed by atoms with Crippen LogP contribution in [-0.2, 0) is 0 Å². The van der Waals surface area contributed by atoms with Crippen molar-refractivity contribution < 1.29 is 22.9 Å². The highest BCUT2D eigenvalue weighted by Crippen LogP contribution is 2.23. The van der Waals surface area contributed by atoms with Gasteiger partial charge in [-0.25, -0.2) is 0 Å². The summed E-state index contributed by atoms with van der Waals surface area (Å²) in [6.45, 7) is 1.22. The number of non-ortho nitro benzene ring substituents is 1. The Hall–Kier alpha value is -1.39. The molecule has 1 amide bonds. The van der Waals surface area contributed by atoms with Gasteiger partial charge in [0.15, 0.2) is 0 Å². The van der Waals surface area contributed by atoms with E-state index in [9.17, 15) is 28.1 Å². The van der Waals surface area contributed by atoms with Crippen LogP contribution in [0.15, 0.2) is 18.2 Å². The molecule has 1 aromatic rings. The van der Waals surface area contributed by atoms with Gasteiger partial charge in [-0.05, 0) is 35.6 Å². The summed E-state index contributed by atoms with van der Waals surface area (Å²) in [5.41, 5.74) is -0.312. The molecule has 0 aliphatic rings. The Morgan fingerprint density at radius 3 is 2.60 bits per heavy atom. The topological polar surface area (TPSA) is 72.2 Å².